The molecule has 1 aliphatic carbocycles. The first-order valence-electron chi connectivity index (χ1n) is 10.9. The van der Waals surface area contributed by atoms with Crippen LogP contribution in [0.2, 0.25) is 0 Å². The molecule has 0 spiro atoms. The zero-order chi connectivity index (χ0) is 22.4. The lowest BCUT2D eigenvalue weighted by Crippen LogP contribution is -2.36. The fraction of sp³-hybridized carbons (Fsp3) is 0.440. The monoisotopic (exact) mass is 486 g/mol. The SMILES string of the molecule is CC(C)(C)c1ccc(OCC(=O)Nc2cccc(C(=O)NC3CCCCC3)c2)c(Br)c1. The number of carbonyl (C=O) groups excluding carboxylic acids is 2. The van der Waals surface area contributed by atoms with Crippen molar-refractivity contribution in [1.82, 2.24) is 5.32 Å². The van der Waals surface area contributed by atoms with Crippen molar-refractivity contribution in [2.45, 2.75) is 64.3 Å². The van der Waals surface area contributed by atoms with Crippen LogP contribution in [0, 0.1) is 0 Å². The minimum atomic E-state index is -0.281. The minimum Gasteiger partial charge on any atom is -0.483 e. The highest BCUT2D eigenvalue weighted by Crippen LogP contribution is 2.31. The second-order valence-electron chi connectivity index (χ2n) is 9.12. The van der Waals surface area contributed by atoms with E-state index in [0.29, 0.717) is 17.0 Å². The predicted octanol–water partition coefficient (Wildman–Crippen LogP) is 5.83. The predicted molar refractivity (Wildman–Crippen MR) is 128 cm³/mol. The van der Waals surface area contributed by atoms with Gasteiger partial charge in [-0.05, 0) is 70.1 Å². The normalized spacial score (nSPS) is 14.7. The molecule has 2 N–H and O–H groups in total. The van der Waals surface area contributed by atoms with E-state index in [1.54, 1.807) is 24.3 Å². The fourth-order valence-corrected chi connectivity index (χ4v) is 4.17. The highest BCUT2D eigenvalue weighted by Gasteiger charge is 2.18. The van der Waals surface area contributed by atoms with E-state index in [2.05, 4.69) is 47.3 Å². The first-order chi connectivity index (χ1) is 14.7. The van der Waals surface area contributed by atoms with E-state index in [0.717, 1.165) is 30.2 Å². The van der Waals surface area contributed by atoms with Gasteiger partial charge in [0.15, 0.2) is 6.61 Å². The smallest absolute Gasteiger partial charge is 0.262 e. The highest BCUT2D eigenvalue weighted by atomic mass is 79.9. The summed E-state index contributed by atoms with van der Waals surface area (Å²) < 4.78 is 6.49. The molecule has 0 bridgehead atoms. The standard InChI is InChI=1S/C25H31BrN2O3/c1-25(2,3)18-12-13-22(21(26)15-18)31-16-23(29)27-20-11-7-8-17(14-20)24(30)28-19-9-5-4-6-10-19/h7-8,11-15,19H,4-6,9-10,16H2,1-3H3,(H,27,29)(H,28,30). The number of amides is 2. The van der Waals surface area contributed by atoms with Crippen LogP contribution in [0.5, 0.6) is 5.75 Å². The molecule has 31 heavy (non-hydrogen) atoms. The van der Waals surface area contributed by atoms with Crippen LogP contribution in [0.25, 0.3) is 0 Å². The Morgan fingerprint density at radius 1 is 1.06 bits per heavy atom. The van der Waals surface area contributed by atoms with Gasteiger partial charge in [-0.1, -0.05) is 52.2 Å². The van der Waals surface area contributed by atoms with E-state index in [1.807, 2.05) is 18.2 Å². The fourth-order valence-electron chi connectivity index (χ4n) is 3.68. The lowest BCUT2D eigenvalue weighted by molar-refractivity contribution is -0.118. The van der Waals surface area contributed by atoms with Crippen molar-refractivity contribution in [2.75, 3.05) is 11.9 Å². The Balaban J connectivity index is 1.55. The molecular weight excluding hydrogens is 456 g/mol. The van der Waals surface area contributed by atoms with Gasteiger partial charge in [-0.3, -0.25) is 9.59 Å². The van der Waals surface area contributed by atoms with Gasteiger partial charge in [0, 0.05) is 17.3 Å². The quantitative estimate of drug-likeness (QED) is 0.539. The van der Waals surface area contributed by atoms with Crippen LogP contribution < -0.4 is 15.4 Å². The molecule has 0 saturated heterocycles. The maximum absolute atomic E-state index is 12.5. The van der Waals surface area contributed by atoms with Gasteiger partial charge in [0.2, 0.25) is 0 Å². The van der Waals surface area contributed by atoms with Crippen LogP contribution in [0.3, 0.4) is 0 Å². The second-order valence-corrected chi connectivity index (χ2v) is 9.98. The molecule has 3 rings (SSSR count). The van der Waals surface area contributed by atoms with E-state index in [-0.39, 0.29) is 29.9 Å². The van der Waals surface area contributed by atoms with Gasteiger partial charge in [-0.2, -0.15) is 0 Å². The maximum Gasteiger partial charge on any atom is 0.262 e. The van der Waals surface area contributed by atoms with Crippen LogP contribution >= 0.6 is 15.9 Å². The van der Waals surface area contributed by atoms with E-state index < -0.39 is 0 Å². The Labute approximate surface area is 193 Å². The highest BCUT2D eigenvalue weighted by molar-refractivity contribution is 9.10. The molecule has 0 aromatic heterocycles. The second kappa shape index (κ2) is 10.3. The van der Waals surface area contributed by atoms with Crippen molar-refractivity contribution >= 4 is 33.4 Å². The number of nitrogens with one attached hydrogen (secondary N) is 2. The molecule has 0 heterocycles. The summed E-state index contributed by atoms with van der Waals surface area (Å²) in [6.07, 6.45) is 5.64. The molecule has 2 aromatic carbocycles. The molecule has 6 heteroatoms. The van der Waals surface area contributed by atoms with E-state index in [4.69, 9.17) is 4.74 Å². The maximum atomic E-state index is 12.5. The van der Waals surface area contributed by atoms with E-state index in [1.165, 1.54) is 12.0 Å². The number of rotatable bonds is 6. The molecule has 1 fully saturated rings. The molecule has 0 atom stereocenters. The Hall–Kier alpha value is -2.34. The van der Waals surface area contributed by atoms with Crippen LogP contribution in [-0.2, 0) is 10.2 Å². The summed E-state index contributed by atoms with van der Waals surface area (Å²) in [7, 11) is 0. The summed E-state index contributed by atoms with van der Waals surface area (Å²) in [5, 5.41) is 5.91. The van der Waals surface area contributed by atoms with Gasteiger partial charge >= 0.3 is 0 Å². The average Bonchev–Trinajstić information content (AvgIpc) is 2.73. The number of benzene rings is 2. The molecule has 1 aliphatic rings. The number of halogens is 1. The Morgan fingerprint density at radius 2 is 1.81 bits per heavy atom. The summed E-state index contributed by atoms with van der Waals surface area (Å²) in [5.41, 5.74) is 2.34. The molecular formula is C25H31BrN2O3. The van der Waals surface area contributed by atoms with Crippen molar-refractivity contribution in [3.05, 3.63) is 58.1 Å². The number of hydrogen-bond donors (Lipinski definition) is 2. The Bertz CT molecular complexity index is 931. The molecule has 0 unspecified atom stereocenters. The minimum absolute atomic E-state index is 0.0344. The van der Waals surface area contributed by atoms with Crippen molar-refractivity contribution in [3.8, 4) is 5.75 Å². The van der Waals surface area contributed by atoms with Gasteiger partial charge in [-0.25, -0.2) is 0 Å². The summed E-state index contributed by atoms with van der Waals surface area (Å²) >= 11 is 3.52. The summed E-state index contributed by atoms with van der Waals surface area (Å²) in [4.78, 5) is 24.9. The number of ether oxygens (including phenoxy) is 1. The molecule has 2 aromatic rings. The first-order valence-corrected chi connectivity index (χ1v) is 11.7. The van der Waals surface area contributed by atoms with Gasteiger partial charge in [-0.15, -0.1) is 0 Å². The zero-order valence-corrected chi connectivity index (χ0v) is 20.1. The Morgan fingerprint density at radius 3 is 2.48 bits per heavy atom. The van der Waals surface area contributed by atoms with Gasteiger partial charge < -0.3 is 15.4 Å². The van der Waals surface area contributed by atoms with Gasteiger partial charge in [0.25, 0.3) is 11.8 Å². The number of hydrogen-bond acceptors (Lipinski definition) is 3. The lowest BCUT2D eigenvalue weighted by Gasteiger charge is -2.22. The van der Waals surface area contributed by atoms with Crippen LogP contribution in [0.1, 0.15) is 68.8 Å². The topological polar surface area (TPSA) is 67.4 Å². The van der Waals surface area contributed by atoms with Crippen molar-refractivity contribution < 1.29 is 14.3 Å². The Kier molecular flexibility index (Phi) is 7.76. The molecule has 0 radical (unpaired) electrons. The third-order valence-electron chi connectivity index (χ3n) is 5.51. The first kappa shape index (κ1) is 23.3. The number of carbonyl (C=O) groups is 2. The average molecular weight is 487 g/mol. The van der Waals surface area contributed by atoms with Crippen molar-refractivity contribution in [2.24, 2.45) is 0 Å². The third kappa shape index (κ3) is 6.82. The van der Waals surface area contributed by atoms with Gasteiger partial charge in [0.05, 0.1) is 4.47 Å². The summed E-state index contributed by atoms with van der Waals surface area (Å²) in [6, 6.07) is 13.1. The van der Waals surface area contributed by atoms with Crippen LogP contribution in [-0.4, -0.2) is 24.5 Å². The van der Waals surface area contributed by atoms with E-state index in [9.17, 15) is 9.59 Å². The molecule has 166 valence electrons. The van der Waals surface area contributed by atoms with Crippen LogP contribution in [0.4, 0.5) is 5.69 Å². The number of anilines is 1. The molecule has 0 aliphatic heterocycles. The molecule has 5 nitrogen and oxygen atoms in total. The summed E-state index contributed by atoms with van der Waals surface area (Å²) in [6.45, 7) is 6.32. The summed E-state index contributed by atoms with van der Waals surface area (Å²) in [5.74, 6) is 0.238. The molecule has 2 amide bonds. The lowest BCUT2D eigenvalue weighted by atomic mass is 9.87. The zero-order valence-electron chi connectivity index (χ0n) is 18.5. The van der Waals surface area contributed by atoms with Crippen LogP contribution in [0.15, 0.2) is 46.9 Å². The van der Waals surface area contributed by atoms with E-state index >= 15 is 0 Å². The largest absolute Gasteiger partial charge is 0.483 e. The van der Waals surface area contributed by atoms with Gasteiger partial charge in [0.1, 0.15) is 5.75 Å². The van der Waals surface area contributed by atoms with Crippen molar-refractivity contribution in [3.63, 3.8) is 0 Å². The molecule has 1 saturated carbocycles. The van der Waals surface area contributed by atoms with Crippen molar-refractivity contribution in [1.29, 1.82) is 0 Å². The third-order valence-corrected chi connectivity index (χ3v) is 6.13.